The van der Waals surface area contributed by atoms with Gasteiger partial charge in [0.2, 0.25) is 0 Å². The summed E-state index contributed by atoms with van der Waals surface area (Å²) in [7, 11) is 0. The molecule has 6 heteroatoms. The number of aryl methyl sites for hydroxylation is 2. The zero-order chi connectivity index (χ0) is 17.2. The molecule has 0 atom stereocenters. The Bertz CT molecular complexity index is 626. The molecule has 0 saturated carbocycles. The maximum Gasteiger partial charge on any atom is 0.313 e. The van der Waals surface area contributed by atoms with Gasteiger partial charge < -0.3 is 9.84 Å². The van der Waals surface area contributed by atoms with Crippen molar-refractivity contribution in [2.75, 3.05) is 5.75 Å². The van der Waals surface area contributed by atoms with Crippen molar-refractivity contribution in [1.29, 1.82) is 0 Å². The Morgan fingerprint density at radius 1 is 1.33 bits per heavy atom. The molecular formula is C18H27NO3S2. The van der Waals surface area contributed by atoms with Crippen LogP contribution in [0.1, 0.15) is 42.4 Å². The fraction of sp³-hybridized carbons (Fsp3) is 0.444. The van der Waals surface area contributed by atoms with E-state index < -0.39 is 5.97 Å². The van der Waals surface area contributed by atoms with Gasteiger partial charge in [0.15, 0.2) is 0 Å². The van der Waals surface area contributed by atoms with E-state index in [1.165, 1.54) is 16.6 Å². The number of benzene rings is 1. The highest BCUT2D eigenvalue weighted by Crippen LogP contribution is 2.21. The number of aromatic nitrogens is 1. The minimum atomic E-state index is -0.790. The zero-order valence-electron chi connectivity index (χ0n) is 14.0. The molecule has 2 rings (SSSR count). The van der Waals surface area contributed by atoms with E-state index in [1.807, 2.05) is 52.0 Å². The van der Waals surface area contributed by atoms with Crippen molar-refractivity contribution in [3.63, 3.8) is 0 Å². The normalized spacial score (nSPS) is 9.50. The molecule has 4 nitrogen and oxygen atoms in total. The number of aliphatic carboxylic acids is 1. The molecule has 0 radical (unpaired) electrons. The highest BCUT2D eigenvalue weighted by Gasteiger charge is 2.06. The first-order valence-electron chi connectivity index (χ1n) is 7.49. The van der Waals surface area contributed by atoms with Gasteiger partial charge in [0.05, 0.1) is 16.5 Å². The van der Waals surface area contributed by atoms with Crippen LogP contribution in [-0.2, 0) is 17.2 Å². The van der Waals surface area contributed by atoms with Crippen LogP contribution in [-0.4, -0.2) is 21.8 Å². The van der Waals surface area contributed by atoms with Crippen LogP contribution in [0.4, 0.5) is 0 Å². The number of hydrogen-bond donors (Lipinski definition) is 1. The van der Waals surface area contributed by atoms with Gasteiger partial charge in [-0.25, -0.2) is 4.98 Å². The van der Waals surface area contributed by atoms with E-state index in [2.05, 4.69) is 4.98 Å². The number of carboxylic acids is 1. The van der Waals surface area contributed by atoms with Crippen molar-refractivity contribution in [3.05, 3.63) is 45.4 Å². The van der Waals surface area contributed by atoms with Gasteiger partial charge >= 0.3 is 5.97 Å². The Morgan fingerprint density at radius 2 is 2.04 bits per heavy atom. The minimum absolute atomic E-state index is 0. The molecule has 0 amide bonds. The highest BCUT2D eigenvalue weighted by molar-refractivity contribution is 7.99. The molecule has 0 aliphatic rings. The van der Waals surface area contributed by atoms with Gasteiger partial charge in [-0.05, 0) is 31.5 Å². The van der Waals surface area contributed by atoms with E-state index >= 15 is 0 Å². The van der Waals surface area contributed by atoms with Crippen LogP contribution < -0.4 is 4.74 Å². The number of carboxylic acid groups (broad SMARTS) is 1. The summed E-state index contributed by atoms with van der Waals surface area (Å²) in [5, 5.41) is 9.68. The van der Waals surface area contributed by atoms with E-state index in [4.69, 9.17) is 9.84 Å². The molecule has 0 aliphatic carbocycles. The van der Waals surface area contributed by atoms with Crippen molar-refractivity contribution >= 4 is 29.1 Å². The van der Waals surface area contributed by atoms with Crippen LogP contribution in [0.3, 0.4) is 0 Å². The summed E-state index contributed by atoms with van der Waals surface area (Å²) in [6, 6.07) is 7.74. The fourth-order valence-electron chi connectivity index (χ4n) is 1.84. The molecule has 1 aromatic heterocycles. The summed E-state index contributed by atoms with van der Waals surface area (Å²) in [5.74, 6) is 0.774. The van der Waals surface area contributed by atoms with E-state index in [9.17, 15) is 4.79 Å². The monoisotopic (exact) mass is 369 g/mol. The maximum absolute atomic E-state index is 10.5. The van der Waals surface area contributed by atoms with Crippen molar-refractivity contribution in [1.82, 2.24) is 4.98 Å². The number of nitrogens with zero attached hydrogens (tertiary/aromatic N) is 1. The second kappa shape index (κ2) is 11.9. The molecule has 0 saturated heterocycles. The molecule has 0 unspecified atom stereocenters. The molecule has 0 fully saturated rings. The predicted molar refractivity (Wildman–Crippen MR) is 104 cm³/mol. The minimum Gasteiger partial charge on any atom is -0.487 e. The largest absolute Gasteiger partial charge is 0.487 e. The van der Waals surface area contributed by atoms with Gasteiger partial charge in [-0.3, -0.25) is 4.79 Å². The fourth-order valence-corrected chi connectivity index (χ4v) is 3.35. The van der Waals surface area contributed by atoms with E-state index in [1.54, 1.807) is 11.3 Å². The molecule has 24 heavy (non-hydrogen) atoms. The predicted octanol–water partition coefficient (Wildman–Crippen LogP) is 5.32. The first-order chi connectivity index (χ1) is 11.0. The standard InChI is InChI=1S/C15H17NO3S2.C2H6.CH4/c1-10-14(16-11(2)21-10)7-19-13-5-3-4-12(6-13)8-20-9-15(17)18;1-2;/h3-6H,7-9H2,1-2H3,(H,17,18);1-2H3;1H4. The Labute approximate surface area is 153 Å². The number of rotatable bonds is 7. The van der Waals surface area contributed by atoms with Crippen molar-refractivity contribution in [2.45, 2.75) is 47.5 Å². The topological polar surface area (TPSA) is 59.4 Å². The molecule has 0 aliphatic heterocycles. The molecule has 1 heterocycles. The van der Waals surface area contributed by atoms with Gasteiger partial charge in [0, 0.05) is 10.6 Å². The van der Waals surface area contributed by atoms with Gasteiger partial charge in [-0.2, -0.15) is 0 Å². The second-order valence-electron chi connectivity index (χ2n) is 4.56. The summed E-state index contributed by atoms with van der Waals surface area (Å²) in [6.45, 7) is 8.49. The number of thiazole rings is 1. The Hall–Kier alpha value is -1.53. The average molecular weight is 370 g/mol. The Kier molecular flexibility index (Phi) is 11.2. The van der Waals surface area contributed by atoms with Crippen molar-refractivity contribution in [3.8, 4) is 5.75 Å². The number of hydrogen-bond acceptors (Lipinski definition) is 5. The third-order valence-electron chi connectivity index (χ3n) is 2.77. The van der Waals surface area contributed by atoms with E-state index in [-0.39, 0.29) is 13.2 Å². The first-order valence-corrected chi connectivity index (χ1v) is 9.46. The molecule has 1 aromatic carbocycles. The van der Waals surface area contributed by atoms with Crippen LogP contribution in [0.2, 0.25) is 0 Å². The molecule has 134 valence electrons. The summed E-state index contributed by atoms with van der Waals surface area (Å²) >= 11 is 3.05. The van der Waals surface area contributed by atoms with Gasteiger partial charge in [0.1, 0.15) is 12.4 Å². The van der Waals surface area contributed by atoms with Gasteiger partial charge in [-0.1, -0.05) is 33.4 Å². The number of ether oxygens (including phenoxy) is 1. The lowest BCUT2D eigenvalue weighted by Gasteiger charge is -2.07. The van der Waals surface area contributed by atoms with Crippen LogP contribution in [0, 0.1) is 13.8 Å². The number of thioether (sulfide) groups is 1. The first kappa shape index (κ1) is 22.5. The molecule has 0 bridgehead atoms. The Morgan fingerprint density at radius 3 is 2.62 bits per heavy atom. The van der Waals surface area contributed by atoms with Crippen molar-refractivity contribution in [2.24, 2.45) is 0 Å². The third-order valence-corrected chi connectivity index (χ3v) is 4.68. The lowest BCUT2D eigenvalue weighted by Crippen LogP contribution is -1.99. The van der Waals surface area contributed by atoms with Gasteiger partial charge in [-0.15, -0.1) is 23.1 Å². The second-order valence-corrected chi connectivity index (χ2v) is 6.95. The summed E-state index contributed by atoms with van der Waals surface area (Å²) < 4.78 is 5.77. The molecular weight excluding hydrogens is 342 g/mol. The van der Waals surface area contributed by atoms with Crippen LogP contribution in [0.5, 0.6) is 5.75 Å². The van der Waals surface area contributed by atoms with Crippen LogP contribution >= 0.6 is 23.1 Å². The SMILES string of the molecule is C.CC.Cc1nc(COc2cccc(CSCC(=O)O)c2)c(C)s1. The highest BCUT2D eigenvalue weighted by atomic mass is 32.2. The summed E-state index contributed by atoms with van der Waals surface area (Å²) in [5.41, 5.74) is 2.04. The maximum atomic E-state index is 10.5. The lowest BCUT2D eigenvalue weighted by atomic mass is 10.2. The smallest absolute Gasteiger partial charge is 0.313 e. The summed E-state index contributed by atoms with van der Waals surface area (Å²) in [4.78, 5) is 16.1. The van der Waals surface area contributed by atoms with Crippen LogP contribution in [0.15, 0.2) is 24.3 Å². The lowest BCUT2D eigenvalue weighted by molar-refractivity contribution is -0.133. The van der Waals surface area contributed by atoms with Crippen molar-refractivity contribution < 1.29 is 14.6 Å². The summed E-state index contributed by atoms with van der Waals surface area (Å²) in [6.07, 6.45) is 0. The molecule has 2 aromatic rings. The van der Waals surface area contributed by atoms with Gasteiger partial charge in [0.25, 0.3) is 0 Å². The molecule has 0 spiro atoms. The average Bonchev–Trinajstić information content (AvgIpc) is 2.85. The van der Waals surface area contributed by atoms with E-state index in [0.29, 0.717) is 12.4 Å². The van der Waals surface area contributed by atoms with E-state index in [0.717, 1.165) is 22.0 Å². The number of carbonyl (C=O) groups is 1. The third kappa shape index (κ3) is 7.84. The molecule has 1 N–H and O–H groups in total. The quantitative estimate of drug-likeness (QED) is 0.716. The zero-order valence-corrected chi connectivity index (χ0v) is 15.6. The van der Waals surface area contributed by atoms with Crippen LogP contribution in [0.25, 0.3) is 0 Å². The Balaban J connectivity index is 0.00000170.